The van der Waals surface area contributed by atoms with Crippen molar-refractivity contribution < 1.29 is 28.7 Å². The summed E-state index contributed by atoms with van der Waals surface area (Å²) in [5, 5.41) is 7.35. The number of aromatic amines is 2. The van der Waals surface area contributed by atoms with Crippen LogP contribution >= 0.6 is 0 Å². The molecule has 4 aromatic heterocycles. The van der Waals surface area contributed by atoms with Gasteiger partial charge in [0.2, 0.25) is 11.8 Å². The summed E-state index contributed by atoms with van der Waals surface area (Å²) < 4.78 is 9.52. The van der Waals surface area contributed by atoms with Gasteiger partial charge >= 0.3 is 12.2 Å². The fourth-order valence-electron chi connectivity index (χ4n) is 8.17. The number of likely N-dealkylation sites (tertiary alicyclic amines) is 2. The van der Waals surface area contributed by atoms with Gasteiger partial charge in [0.05, 0.1) is 50.1 Å². The molecule has 18 heteroatoms. The lowest BCUT2D eigenvalue weighted by atomic mass is 10.0. The standard InChI is InChI=1S/C42H48N12O6/c1-21(2)31(47-41(57)59-5)39(55)53-15-7-9-29(53)33-49-35-37(51-33)45-27(19-43-35)25-13-11-24-18-26(14-12-23(24)17-25)28-20-44-36-38(46-28)52-34(50-36)30-10-8-16-54(30)40(56)32(22(3)4)48-42(58)60-6/h11-14,17-22,29-32H,7-10,15-16H2,1-6H3,(H,47,57)(H,48,58)(H,43,45,49,51)(H,44,46,50,52)/t29-,30+,31-,32-/m0/s1. The number of nitrogens with one attached hydrogen (secondary N) is 4. The molecule has 8 rings (SSSR count). The first-order valence-electron chi connectivity index (χ1n) is 20.2. The summed E-state index contributed by atoms with van der Waals surface area (Å²) in [5.74, 6) is 0.563. The molecule has 4 amide bonds. The van der Waals surface area contributed by atoms with Crippen molar-refractivity contribution in [2.24, 2.45) is 11.8 Å². The lowest BCUT2D eigenvalue weighted by Gasteiger charge is -2.29. The van der Waals surface area contributed by atoms with Gasteiger partial charge in [-0.1, -0.05) is 52.0 Å². The van der Waals surface area contributed by atoms with Crippen LogP contribution in [0.5, 0.6) is 0 Å². The molecular weight excluding hydrogens is 769 g/mol. The number of rotatable bonds is 10. The maximum absolute atomic E-state index is 13.6. The van der Waals surface area contributed by atoms with Crippen molar-refractivity contribution in [3.8, 4) is 22.5 Å². The second kappa shape index (κ2) is 16.5. The highest BCUT2D eigenvalue weighted by Crippen LogP contribution is 2.35. The Labute approximate surface area is 345 Å². The number of alkyl carbamates (subject to hydrolysis) is 2. The molecule has 0 saturated carbocycles. The molecule has 312 valence electrons. The van der Waals surface area contributed by atoms with Gasteiger partial charge < -0.3 is 39.9 Å². The van der Waals surface area contributed by atoms with Gasteiger partial charge in [-0.3, -0.25) is 9.59 Å². The minimum absolute atomic E-state index is 0.139. The zero-order chi connectivity index (χ0) is 42.2. The average molecular weight is 817 g/mol. The molecule has 2 aromatic carbocycles. The van der Waals surface area contributed by atoms with E-state index in [-0.39, 0.29) is 35.7 Å². The number of carbonyl (C=O) groups excluding carboxylic acids is 4. The fourth-order valence-corrected chi connectivity index (χ4v) is 8.17. The zero-order valence-corrected chi connectivity index (χ0v) is 34.4. The average Bonchev–Trinajstić information content (AvgIpc) is 4.08. The largest absolute Gasteiger partial charge is 0.453 e. The minimum Gasteiger partial charge on any atom is -0.453 e. The number of benzene rings is 2. The van der Waals surface area contributed by atoms with Crippen molar-refractivity contribution in [3.05, 3.63) is 60.4 Å². The molecule has 0 aliphatic carbocycles. The van der Waals surface area contributed by atoms with Gasteiger partial charge in [-0.25, -0.2) is 39.5 Å². The molecule has 6 aromatic rings. The molecule has 2 fully saturated rings. The number of hydrogen-bond donors (Lipinski definition) is 4. The van der Waals surface area contributed by atoms with Crippen LogP contribution in [0.4, 0.5) is 9.59 Å². The Morgan fingerprint density at radius 3 is 1.45 bits per heavy atom. The van der Waals surface area contributed by atoms with Crippen LogP contribution in [-0.2, 0) is 19.1 Å². The molecule has 0 bridgehead atoms. The normalized spacial score (nSPS) is 17.8. The van der Waals surface area contributed by atoms with Crippen molar-refractivity contribution in [2.75, 3.05) is 27.3 Å². The zero-order valence-electron chi connectivity index (χ0n) is 34.4. The van der Waals surface area contributed by atoms with Gasteiger partial charge in [-0.15, -0.1) is 0 Å². The number of ether oxygens (including phenoxy) is 2. The minimum atomic E-state index is -0.730. The third-order valence-corrected chi connectivity index (χ3v) is 11.4. The van der Waals surface area contributed by atoms with E-state index in [9.17, 15) is 19.2 Å². The van der Waals surface area contributed by atoms with Crippen molar-refractivity contribution in [2.45, 2.75) is 77.5 Å². The Bertz CT molecular complexity index is 2430. The molecule has 0 unspecified atom stereocenters. The molecule has 0 radical (unpaired) electrons. The summed E-state index contributed by atoms with van der Waals surface area (Å²) in [7, 11) is 2.55. The Balaban J connectivity index is 0.993. The van der Waals surface area contributed by atoms with Crippen molar-refractivity contribution in [1.82, 2.24) is 60.3 Å². The first-order valence-corrected chi connectivity index (χ1v) is 20.2. The molecule has 0 spiro atoms. The third kappa shape index (κ3) is 7.76. The van der Waals surface area contributed by atoms with Crippen LogP contribution in [0.1, 0.15) is 77.1 Å². The number of aromatic nitrogens is 8. The molecule has 2 aliphatic rings. The highest BCUT2D eigenvalue weighted by Gasteiger charge is 2.39. The van der Waals surface area contributed by atoms with Crippen LogP contribution in [0, 0.1) is 11.8 Å². The van der Waals surface area contributed by atoms with E-state index in [2.05, 4.69) is 42.7 Å². The number of H-pyrrole nitrogens is 2. The maximum Gasteiger partial charge on any atom is 0.407 e. The van der Waals surface area contributed by atoms with E-state index in [1.807, 2.05) is 52.0 Å². The summed E-state index contributed by atoms with van der Waals surface area (Å²) >= 11 is 0. The van der Waals surface area contributed by atoms with Crippen LogP contribution in [-0.4, -0.2) is 113 Å². The topological polar surface area (TPSA) is 226 Å². The molecule has 4 N–H and O–H groups in total. The number of carbonyl (C=O) groups is 4. The van der Waals surface area contributed by atoms with Gasteiger partial charge in [0.1, 0.15) is 23.7 Å². The predicted octanol–water partition coefficient (Wildman–Crippen LogP) is 5.59. The van der Waals surface area contributed by atoms with Gasteiger partial charge in [-0.2, -0.15) is 0 Å². The molecule has 2 aliphatic heterocycles. The maximum atomic E-state index is 13.6. The molecule has 4 atom stereocenters. The van der Waals surface area contributed by atoms with Gasteiger partial charge in [-0.05, 0) is 60.4 Å². The van der Waals surface area contributed by atoms with E-state index in [1.165, 1.54) is 14.2 Å². The summed E-state index contributed by atoms with van der Waals surface area (Å²) in [5.41, 5.74) is 5.02. The summed E-state index contributed by atoms with van der Waals surface area (Å²) in [4.78, 5) is 89.8. The van der Waals surface area contributed by atoms with Crippen LogP contribution < -0.4 is 10.6 Å². The van der Waals surface area contributed by atoms with Gasteiger partial charge in [0.25, 0.3) is 0 Å². The number of fused-ring (bicyclic) bond motifs is 3. The highest BCUT2D eigenvalue weighted by molar-refractivity contribution is 5.91. The Morgan fingerprint density at radius 1 is 0.650 bits per heavy atom. The number of imidazole rings is 2. The van der Waals surface area contributed by atoms with E-state index < -0.39 is 24.3 Å². The van der Waals surface area contributed by atoms with Crippen LogP contribution in [0.2, 0.25) is 0 Å². The van der Waals surface area contributed by atoms with E-state index in [0.29, 0.717) is 58.7 Å². The van der Waals surface area contributed by atoms with Crippen LogP contribution in [0.25, 0.3) is 55.9 Å². The second-order valence-corrected chi connectivity index (χ2v) is 16.0. The molecule has 18 nitrogen and oxygen atoms in total. The lowest BCUT2D eigenvalue weighted by molar-refractivity contribution is -0.136. The van der Waals surface area contributed by atoms with E-state index >= 15 is 0 Å². The molecular formula is C42H48N12O6. The van der Waals surface area contributed by atoms with Gasteiger partial charge in [0, 0.05) is 24.2 Å². The summed E-state index contributed by atoms with van der Waals surface area (Å²) in [6.45, 7) is 8.62. The van der Waals surface area contributed by atoms with Crippen molar-refractivity contribution >= 4 is 57.4 Å². The Morgan fingerprint density at radius 2 is 1.07 bits per heavy atom. The molecule has 60 heavy (non-hydrogen) atoms. The SMILES string of the molecule is COC(=O)N[C@H](C(=O)N1CCC[C@@H]1c1nc2ncc(-c3ccc4cc(-c5cnc6nc([C@@H]7CCCN7C(=O)[C@@H](NC(=O)OC)C(C)C)[nH]c6n5)ccc4c3)nc2[nH]1)C(C)C. The van der Waals surface area contributed by atoms with Crippen molar-refractivity contribution in [3.63, 3.8) is 0 Å². The number of methoxy groups -OCH3 is 2. The highest BCUT2D eigenvalue weighted by atomic mass is 16.5. The predicted molar refractivity (Wildman–Crippen MR) is 221 cm³/mol. The second-order valence-electron chi connectivity index (χ2n) is 16.0. The first-order chi connectivity index (χ1) is 28.9. The monoisotopic (exact) mass is 816 g/mol. The number of hydrogen-bond acceptors (Lipinski definition) is 12. The fraction of sp³-hybridized carbons (Fsp3) is 0.429. The van der Waals surface area contributed by atoms with Crippen LogP contribution in [0.3, 0.4) is 0 Å². The smallest absolute Gasteiger partial charge is 0.407 e. The lowest BCUT2D eigenvalue weighted by Crippen LogP contribution is -2.51. The Hall–Kier alpha value is -6.72. The van der Waals surface area contributed by atoms with E-state index in [4.69, 9.17) is 29.4 Å². The summed E-state index contributed by atoms with van der Waals surface area (Å²) in [6, 6.07) is 10.1. The van der Waals surface area contributed by atoms with Crippen LogP contribution in [0.15, 0.2) is 48.8 Å². The number of amides is 4. The first kappa shape index (κ1) is 40.1. The van der Waals surface area contributed by atoms with E-state index in [1.54, 1.807) is 22.2 Å². The molecule has 2 saturated heterocycles. The van der Waals surface area contributed by atoms with E-state index in [0.717, 1.165) is 47.6 Å². The molecule has 6 heterocycles. The van der Waals surface area contributed by atoms with Crippen molar-refractivity contribution in [1.29, 1.82) is 0 Å². The third-order valence-electron chi connectivity index (χ3n) is 11.4. The summed E-state index contributed by atoms with van der Waals surface area (Å²) in [6.07, 6.45) is 5.13. The van der Waals surface area contributed by atoms with Gasteiger partial charge in [0.15, 0.2) is 22.6 Å². The number of nitrogens with zero attached hydrogens (tertiary/aromatic N) is 8. The quantitative estimate of drug-likeness (QED) is 0.133. The Kier molecular flexibility index (Phi) is 11.0.